The summed E-state index contributed by atoms with van der Waals surface area (Å²) in [5, 5.41) is 0. The lowest BCUT2D eigenvalue weighted by atomic mass is 9.69. The monoisotopic (exact) mass is 348 g/mol. The third-order valence-electron chi connectivity index (χ3n) is 7.16. The van der Waals surface area contributed by atoms with E-state index in [2.05, 4.69) is 37.5 Å². The first-order valence-corrected chi connectivity index (χ1v) is 10.9. The Morgan fingerprint density at radius 2 is 1.72 bits per heavy atom. The smallest absolute Gasteiger partial charge is 0.225 e. The number of amides is 1. The van der Waals surface area contributed by atoms with E-state index >= 15 is 0 Å². The summed E-state index contributed by atoms with van der Waals surface area (Å²) in [5.74, 6) is 2.56. The fraction of sp³-hybridized carbons (Fsp3) is 0.955. The molecule has 2 aliphatic carbocycles. The van der Waals surface area contributed by atoms with Gasteiger partial charge in [0, 0.05) is 31.6 Å². The maximum absolute atomic E-state index is 13.2. The predicted molar refractivity (Wildman–Crippen MR) is 104 cm³/mol. The molecule has 1 unspecified atom stereocenters. The Hall–Kier alpha value is -0.570. The summed E-state index contributed by atoms with van der Waals surface area (Å²) in [4.78, 5) is 18.0. The van der Waals surface area contributed by atoms with Crippen molar-refractivity contribution in [3.05, 3.63) is 0 Å². The van der Waals surface area contributed by atoms with Gasteiger partial charge in [0.05, 0.1) is 0 Å². The molecule has 144 valence electrons. The molecular weight excluding hydrogens is 308 g/mol. The number of carbonyl (C=O) groups excluding carboxylic acids is 1. The minimum Gasteiger partial charge on any atom is -0.338 e. The summed E-state index contributed by atoms with van der Waals surface area (Å²) in [7, 11) is 0. The zero-order chi connectivity index (χ0) is 18.0. The Bertz CT molecular complexity index is 443. The molecule has 3 aliphatic rings. The van der Waals surface area contributed by atoms with Gasteiger partial charge in [-0.25, -0.2) is 0 Å². The SMILES string of the molecule is CCN(C(=O)C1CCC(C(C)(C)C)CC1)C1CCN(CCC2CC2)C1. The lowest BCUT2D eigenvalue weighted by molar-refractivity contribution is -0.139. The molecule has 0 aromatic rings. The Morgan fingerprint density at radius 3 is 2.28 bits per heavy atom. The van der Waals surface area contributed by atoms with Crippen molar-refractivity contribution in [3.8, 4) is 0 Å². The van der Waals surface area contributed by atoms with Crippen LogP contribution in [0, 0.1) is 23.2 Å². The Kier molecular flexibility index (Phi) is 6.13. The molecule has 3 fully saturated rings. The quantitative estimate of drug-likeness (QED) is 0.702. The van der Waals surface area contributed by atoms with Gasteiger partial charge in [0.1, 0.15) is 0 Å². The van der Waals surface area contributed by atoms with Crippen molar-refractivity contribution in [2.45, 2.75) is 85.1 Å². The van der Waals surface area contributed by atoms with E-state index in [0.29, 0.717) is 23.3 Å². The van der Waals surface area contributed by atoms with Crippen LogP contribution in [0.4, 0.5) is 0 Å². The highest BCUT2D eigenvalue weighted by Crippen LogP contribution is 2.40. The highest BCUT2D eigenvalue weighted by atomic mass is 16.2. The first kappa shape index (κ1) is 19.2. The van der Waals surface area contributed by atoms with Gasteiger partial charge in [-0.15, -0.1) is 0 Å². The van der Waals surface area contributed by atoms with Crippen molar-refractivity contribution in [2.24, 2.45) is 23.2 Å². The lowest BCUT2D eigenvalue weighted by Crippen LogP contribution is -2.46. The minimum atomic E-state index is 0.291. The summed E-state index contributed by atoms with van der Waals surface area (Å²) in [6.45, 7) is 13.7. The Labute approximate surface area is 155 Å². The van der Waals surface area contributed by atoms with E-state index in [1.54, 1.807) is 0 Å². The van der Waals surface area contributed by atoms with Crippen LogP contribution in [-0.2, 0) is 4.79 Å². The van der Waals surface area contributed by atoms with Crippen LogP contribution in [0.1, 0.15) is 79.1 Å². The van der Waals surface area contributed by atoms with Gasteiger partial charge in [0.15, 0.2) is 0 Å². The first-order chi connectivity index (χ1) is 11.9. The van der Waals surface area contributed by atoms with E-state index in [-0.39, 0.29) is 0 Å². The molecule has 1 aliphatic heterocycles. The largest absolute Gasteiger partial charge is 0.338 e. The number of carbonyl (C=O) groups is 1. The van der Waals surface area contributed by atoms with E-state index in [1.807, 2.05) is 0 Å². The predicted octanol–water partition coefficient (Wildman–Crippen LogP) is 4.56. The maximum atomic E-state index is 13.2. The molecule has 1 atom stereocenters. The molecule has 0 spiro atoms. The lowest BCUT2D eigenvalue weighted by Gasteiger charge is -2.39. The molecule has 0 aromatic heterocycles. The minimum absolute atomic E-state index is 0.291. The topological polar surface area (TPSA) is 23.6 Å². The van der Waals surface area contributed by atoms with Crippen LogP contribution in [0.15, 0.2) is 0 Å². The van der Waals surface area contributed by atoms with Crippen LogP contribution in [0.2, 0.25) is 0 Å². The Balaban J connectivity index is 1.48. The van der Waals surface area contributed by atoms with E-state index in [9.17, 15) is 4.79 Å². The molecule has 25 heavy (non-hydrogen) atoms. The molecular formula is C22H40N2O. The van der Waals surface area contributed by atoms with Gasteiger partial charge in [-0.1, -0.05) is 33.6 Å². The summed E-state index contributed by atoms with van der Waals surface area (Å²) in [5.41, 5.74) is 0.395. The van der Waals surface area contributed by atoms with Gasteiger partial charge in [-0.2, -0.15) is 0 Å². The number of nitrogens with zero attached hydrogens (tertiary/aromatic N) is 2. The fourth-order valence-electron chi connectivity index (χ4n) is 5.08. The third-order valence-corrected chi connectivity index (χ3v) is 7.16. The van der Waals surface area contributed by atoms with Crippen molar-refractivity contribution >= 4 is 5.91 Å². The summed E-state index contributed by atoms with van der Waals surface area (Å²) in [6.07, 6.45) is 10.1. The van der Waals surface area contributed by atoms with Gasteiger partial charge in [0.2, 0.25) is 5.91 Å². The van der Waals surface area contributed by atoms with Crippen molar-refractivity contribution in [1.82, 2.24) is 9.80 Å². The number of rotatable bonds is 6. The summed E-state index contributed by atoms with van der Waals surface area (Å²) in [6, 6.07) is 0.469. The maximum Gasteiger partial charge on any atom is 0.225 e. The normalized spacial score (nSPS) is 31.3. The third kappa shape index (κ3) is 4.99. The molecule has 1 saturated heterocycles. The van der Waals surface area contributed by atoms with E-state index in [4.69, 9.17) is 0 Å². The van der Waals surface area contributed by atoms with Crippen LogP contribution in [-0.4, -0.2) is 47.9 Å². The molecule has 0 N–H and O–H groups in total. The molecule has 0 bridgehead atoms. The van der Waals surface area contributed by atoms with E-state index in [1.165, 1.54) is 51.6 Å². The van der Waals surface area contributed by atoms with E-state index in [0.717, 1.165) is 37.8 Å². The second kappa shape index (κ2) is 7.98. The van der Waals surface area contributed by atoms with Crippen LogP contribution in [0.5, 0.6) is 0 Å². The number of hydrogen-bond donors (Lipinski definition) is 0. The zero-order valence-corrected chi connectivity index (χ0v) is 17.1. The Morgan fingerprint density at radius 1 is 1.04 bits per heavy atom. The molecule has 3 heteroatoms. The number of hydrogen-bond acceptors (Lipinski definition) is 2. The molecule has 0 aromatic carbocycles. The van der Waals surface area contributed by atoms with Crippen molar-refractivity contribution in [1.29, 1.82) is 0 Å². The summed E-state index contributed by atoms with van der Waals surface area (Å²) >= 11 is 0. The summed E-state index contributed by atoms with van der Waals surface area (Å²) < 4.78 is 0. The van der Waals surface area contributed by atoms with Gasteiger partial charge in [-0.3, -0.25) is 4.79 Å². The fourth-order valence-corrected chi connectivity index (χ4v) is 5.08. The molecule has 3 nitrogen and oxygen atoms in total. The average molecular weight is 349 g/mol. The van der Waals surface area contributed by atoms with Gasteiger partial charge in [-0.05, 0) is 69.2 Å². The number of likely N-dealkylation sites (N-methyl/N-ethyl adjacent to an activating group) is 1. The highest BCUT2D eigenvalue weighted by Gasteiger charge is 2.37. The van der Waals surface area contributed by atoms with Crippen molar-refractivity contribution in [3.63, 3.8) is 0 Å². The zero-order valence-electron chi connectivity index (χ0n) is 17.1. The van der Waals surface area contributed by atoms with Crippen molar-refractivity contribution in [2.75, 3.05) is 26.2 Å². The van der Waals surface area contributed by atoms with Gasteiger partial charge in [0.25, 0.3) is 0 Å². The standard InChI is InChI=1S/C22H40N2O/c1-5-24(20-13-15-23(16-20)14-12-17-6-7-17)21(25)18-8-10-19(11-9-18)22(2,3)4/h17-20H,5-16H2,1-4H3. The average Bonchev–Trinajstić information content (AvgIpc) is 3.31. The van der Waals surface area contributed by atoms with Crippen LogP contribution in [0.25, 0.3) is 0 Å². The molecule has 2 saturated carbocycles. The van der Waals surface area contributed by atoms with Gasteiger partial charge < -0.3 is 9.80 Å². The number of likely N-dealkylation sites (tertiary alicyclic amines) is 1. The molecule has 1 heterocycles. The van der Waals surface area contributed by atoms with Crippen LogP contribution >= 0.6 is 0 Å². The van der Waals surface area contributed by atoms with Crippen molar-refractivity contribution < 1.29 is 4.79 Å². The van der Waals surface area contributed by atoms with Crippen LogP contribution in [0.3, 0.4) is 0 Å². The second-order valence-corrected chi connectivity index (χ2v) is 10.0. The van der Waals surface area contributed by atoms with Crippen LogP contribution < -0.4 is 0 Å². The van der Waals surface area contributed by atoms with E-state index < -0.39 is 0 Å². The molecule has 0 radical (unpaired) electrons. The molecule has 3 rings (SSSR count). The van der Waals surface area contributed by atoms with Gasteiger partial charge >= 0.3 is 0 Å². The second-order valence-electron chi connectivity index (χ2n) is 10.0. The highest BCUT2D eigenvalue weighted by molar-refractivity contribution is 5.79. The first-order valence-electron chi connectivity index (χ1n) is 10.9. The molecule has 1 amide bonds.